The summed E-state index contributed by atoms with van der Waals surface area (Å²) in [5.41, 5.74) is 4.45. The molecule has 1 aromatic rings. The Morgan fingerprint density at radius 3 is 2.38 bits per heavy atom. The predicted molar refractivity (Wildman–Crippen MR) is 70.7 cm³/mol. The summed E-state index contributed by atoms with van der Waals surface area (Å²) in [5.74, 6) is 1.91. The predicted octanol–water partition coefficient (Wildman–Crippen LogP) is 4.67. The van der Waals surface area contributed by atoms with Crippen molar-refractivity contribution in [3.05, 3.63) is 34.9 Å². The molecule has 0 amide bonds. The fourth-order valence-electron chi connectivity index (χ4n) is 2.92. The van der Waals surface area contributed by atoms with E-state index < -0.39 is 0 Å². The zero-order valence-electron chi connectivity index (χ0n) is 10.9. The minimum Gasteiger partial charge on any atom is -0.0625 e. The van der Waals surface area contributed by atoms with E-state index in [2.05, 4.69) is 39.0 Å². The second kappa shape index (κ2) is 5.03. The van der Waals surface area contributed by atoms with Gasteiger partial charge in [0.05, 0.1) is 0 Å². The van der Waals surface area contributed by atoms with Crippen molar-refractivity contribution in [2.75, 3.05) is 0 Å². The van der Waals surface area contributed by atoms with E-state index in [1.54, 1.807) is 5.56 Å². The summed E-state index contributed by atoms with van der Waals surface area (Å²) in [6.45, 7) is 6.83. The Morgan fingerprint density at radius 1 is 1.06 bits per heavy atom. The lowest BCUT2D eigenvalue weighted by Crippen LogP contribution is -2.14. The normalized spacial score (nSPS) is 25.7. The Kier molecular flexibility index (Phi) is 3.68. The van der Waals surface area contributed by atoms with Crippen molar-refractivity contribution in [3.63, 3.8) is 0 Å². The number of hydrogen-bond acceptors (Lipinski definition) is 0. The van der Waals surface area contributed by atoms with Crippen LogP contribution in [-0.2, 0) is 6.42 Å². The molecule has 88 valence electrons. The molecule has 0 saturated heterocycles. The van der Waals surface area contributed by atoms with E-state index in [4.69, 9.17) is 0 Å². The third-order valence-electron chi connectivity index (χ3n) is 4.14. The molecule has 0 nitrogen and oxygen atoms in total. The summed E-state index contributed by atoms with van der Waals surface area (Å²) in [7, 11) is 0. The van der Waals surface area contributed by atoms with Crippen LogP contribution in [0.15, 0.2) is 18.2 Å². The Hall–Kier alpha value is -0.780. The lowest BCUT2D eigenvalue weighted by Gasteiger charge is -2.26. The molecule has 0 atom stereocenters. The van der Waals surface area contributed by atoms with Crippen LogP contribution < -0.4 is 0 Å². The molecule has 0 spiro atoms. The molecule has 1 aliphatic carbocycles. The van der Waals surface area contributed by atoms with Gasteiger partial charge in [-0.15, -0.1) is 0 Å². The van der Waals surface area contributed by atoms with Crippen molar-refractivity contribution >= 4 is 0 Å². The molecule has 0 aromatic heterocycles. The number of benzene rings is 1. The van der Waals surface area contributed by atoms with Gasteiger partial charge < -0.3 is 0 Å². The quantitative estimate of drug-likeness (QED) is 0.674. The highest BCUT2D eigenvalue weighted by Gasteiger charge is 2.18. The van der Waals surface area contributed by atoms with Crippen molar-refractivity contribution in [1.82, 2.24) is 0 Å². The fourth-order valence-corrected chi connectivity index (χ4v) is 2.92. The fraction of sp³-hybridized carbons (Fsp3) is 0.625. The van der Waals surface area contributed by atoms with Crippen LogP contribution in [0, 0.1) is 25.7 Å². The van der Waals surface area contributed by atoms with Crippen LogP contribution in [0.5, 0.6) is 0 Å². The van der Waals surface area contributed by atoms with Crippen LogP contribution >= 0.6 is 0 Å². The maximum absolute atomic E-state index is 2.40. The molecule has 0 heterocycles. The van der Waals surface area contributed by atoms with Gasteiger partial charge in [-0.2, -0.15) is 0 Å². The Bertz CT molecular complexity index is 343. The molecule has 0 aliphatic heterocycles. The van der Waals surface area contributed by atoms with Crippen molar-refractivity contribution < 1.29 is 0 Å². The van der Waals surface area contributed by atoms with Crippen LogP contribution in [0.1, 0.15) is 49.3 Å². The Morgan fingerprint density at radius 2 is 1.75 bits per heavy atom. The maximum Gasteiger partial charge on any atom is -0.0248 e. The Labute approximate surface area is 100 Å². The van der Waals surface area contributed by atoms with Crippen LogP contribution in [-0.4, -0.2) is 0 Å². The molecular formula is C16H24. The van der Waals surface area contributed by atoms with Crippen molar-refractivity contribution in [3.8, 4) is 0 Å². The van der Waals surface area contributed by atoms with Gasteiger partial charge in [-0.1, -0.05) is 43.5 Å². The SMILES string of the molecule is Cc1ccc(CC2CCC(C)CC2)c(C)c1. The molecule has 0 bridgehead atoms. The highest BCUT2D eigenvalue weighted by molar-refractivity contribution is 5.30. The first-order chi connectivity index (χ1) is 7.65. The first-order valence-electron chi connectivity index (χ1n) is 6.71. The number of hydrogen-bond donors (Lipinski definition) is 0. The number of rotatable bonds is 2. The summed E-state index contributed by atoms with van der Waals surface area (Å²) >= 11 is 0. The largest absolute Gasteiger partial charge is 0.0625 e. The van der Waals surface area contributed by atoms with E-state index in [1.807, 2.05) is 0 Å². The zero-order valence-corrected chi connectivity index (χ0v) is 10.9. The highest BCUT2D eigenvalue weighted by Crippen LogP contribution is 2.31. The van der Waals surface area contributed by atoms with Crippen molar-refractivity contribution in [2.24, 2.45) is 11.8 Å². The van der Waals surface area contributed by atoms with Gasteiger partial charge in [0, 0.05) is 0 Å². The molecule has 1 aliphatic rings. The maximum atomic E-state index is 2.40. The first-order valence-corrected chi connectivity index (χ1v) is 6.71. The summed E-state index contributed by atoms with van der Waals surface area (Å²) in [4.78, 5) is 0. The van der Waals surface area contributed by atoms with E-state index in [9.17, 15) is 0 Å². The van der Waals surface area contributed by atoms with Gasteiger partial charge in [0.2, 0.25) is 0 Å². The van der Waals surface area contributed by atoms with Gasteiger partial charge in [-0.3, -0.25) is 0 Å². The molecule has 16 heavy (non-hydrogen) atoms. The van der Waals surface area contributed by atoms with Crippen LogP contribution in [0.3, 0.4) is 0 Å². The van der Waals surface area contributed by atoms with Gasteiger partial charge in [0.1, 0.15) is 0 Å². The van der Waals surface area contributed by atoms with Gasteiger partial charge in [0.25, 0.3) is 0 Å². The summed E-state index contributed by atoms with van der Waals surface area (Å²) < 4.78 is 0. The topological polar surface area (TPSA) is 0 Å². The highest BCUT2D eigenvalue weighted by atomic mass is 14.2. The summed E-state index contributed by atoms with van der Waals surface area (Å²) in [6, 6.07) is 6.91. The van der Waals surface area contributed by atoms with Gasteiger partial charge >= 0.3 is 0 Å². The van der Waals surface area contributed by atoms with Crippen LogP contribution in [0.4, 0.5) is 0 Å². The molecule has 0 radical (unpaired) electrons. The second-order valence-electron chi connectivity index (χ2n) is 5.76. The molecule has 2 rings (SSSR count). The van der Waals surface area contributed by atoms with E-state index in [0.29, 0.717) is 0 Å². The third-order valence-corrected chi connectivity index (χ3v) is 4.14. The van der Waals surface area contributed by atoms with E-state index in [0.717, 1.165) is 11.8 Å². The molecule has 0 unspecified atom stereocenters. The summed E-state index contributed by atoms with van der Waals surface area (Å²) in [5, 5.41) is 0. The van der Waals surface area contributed by atoms with Gasteiger partial charge in [-0.05, 0) is 56.1 Å². The van der Waals surface area contributed by atoms with Crippen LogP contribution in [0.25, 0.3) is 0 Å². The second-order valence-corrected chi connectivity index (χ2v) is 5.76. The third kappa shape index (κ3) is 2.87. The Balaban J connectivity index is 1.98. The zero-order chi connectivity index (χ0) is 11.5. The van der Waals surface area contributed by atoms with Gasteiger partial charge in [0.15, 0.2) is 0 Å². The van der Waals surface area contributed by atoms with E-state index in [-0.39, 0.29) is 0 Å². The minimum atomic E-state index is 0.942. The molecular weight excluding hydrogens is 192 g/mol. The van der Waals surface area contributed by atoms with E-state index in [1.165, 1.54) is 43.2 Å². The standard InChI is InChI=1S/C16H24/c1-12-4-7-15(8-5-12)11-16-9-6-13(2)10-14(16)3/h6,9-10,12,15H,4-5,7-8,11H2,1-3H3. The average molecular weight is 216 g/mol. The van der Waals surface area contributed by atoms with Crippen molar-refractivity contribution in [2.45, 2.75) is 52.9 Å². The lowest BCUT2D eigenvalue weighted by molar-refractivity contribution is 0.288. The summed E-state index contributed by atoms with van der Waals surface area (Å²) in [6.07, 6.45) is 7.06. The van der Waals surface area contributed by atoms with Crippen LogP contribution in [0.2, 0.25) is 0 Å². The van der Waals surface area contributed by atoms with Gasteiger partial charge in [-0.25, -0.2) is 0 Å². The van der Waals surface area contributed by atoms with E-state index >= 15 is 0 Å². The molecule has 1 saturated carbocycles. The minimum absolute atomic E-state index is 0.942. The number of aryl methyl sites for hydroxylation is 2. The lowest BCUT2D eigenvalue weighted by atomic mass is 9.79. The van der Waals surface area contributed by atoms with Crippen molar-refractivity contribution in [1.29, 1.82) is 0 Å². The first kappa shape index (κ1) is 11.7. The molecule has 1 aromatic carbocycles. The molecule has 0 N–H and O–H groups in total. The monoisotopic (exact) mass is 216 g/mol. The molecule has 0 heteroatoms. The smallest absolute Gasteiger partial charge is 0.0248 e. The molecule has 1 fully saturated rings. The average Bonchev–Trinajstić information content (AvgIpc) is 2.25.